The molecule has 1 aromatic heterocycles. The lowest BCUT2D eigenvalue weighted by Gasteiger charge is -1.97. The van der Waals surface area contributed by atoms with Crippen LogP contribution in [-0.4, -0.2) is 29.3 Å². The van der Waals surface area contributed by atoms with Gasteiger partial charge in [0.05, 0.1) is 0 Å². The molecule has 1 heterocycles. The number of alkyl halides is 1. The van der Waals surface area contributed by atoms with Gasteiger partial charge in [0.15, 0.2) is 0 Å². The quantitative estimate of drug-likeness (QED) is 0.584. The third-order valence-corrected chi connectivity index (χ3v) is 1.22. The van der Waals surface area contributed by atoms with Crippen LogP contribution in [0.3, 0.4) is 0 Å². The molecular weight excluding hydrogens is 163 g/mol. The Labute approximate surface area is 68.1 Å². The fourth-order valence-corrected chi connectivity index (χ4v) is 0.710. The van der Waals surface area contributed by atoms with Gasteiger partial charge >= 0.3 is 0 Å². The highest BCUT2D eigenvalue weighted by Gasteiger charge is 2.06. The minimum absolute atomic E-state index is 0.00222. The number of nitrogen functional groups attached to an aromatic ring is 1. The van der Waals surface area contributed by atoms with E-state index in [1.807, 2.05) is 0 Å². The number of hydrogen-bond acceptors (Lipinski definition) is 3. The number of halogens is 1. The standard InChI is InChI=1S/C6H9FN4O/c7-1-2-9-6(12)4-3-5(8)11-10-4/h3H,1-2H2,(H,9,12)(H3,8,10,11). The third kappa shape index (κ3) is 1.94. The predicted octanol–water partition coefficient (Wildman–Crippen LogP) is -0.309. The zero-order valence-electron chi connectivity index (χ0n) is 6.30. The number of nitrogens with one attached hydrogen (secondary N) is 2. The van der Waals surface area contributed by atoms with Crippen molar-refractivity contribution in [2.45, 2.75) is 0 Å². The number of amides is 1. The molecule has 0 spiro atoms. The Morgan fingerprint density at radius 1 is 1.83 bits per heavy atom. The summed E-state index contributed by atoms with van der Waals surface area (Å²) < 4.78 is 11.6. The smallest absolute Gasteiger partial charge is 0.269 e. The van der Waals surface area contributed by atoms with Gasteiger partial charge in [-0.2, -0.15) is 5.10 Å². The van der Waals surface area contributed by atoms with Crippen molar-refractivity contribution in [1.29, 1.82) is 0 Å². The predicted molar refractivity (Wildman–Crippen MR) is 41.3 cm³/mol. The molecule has 12 heavy (non-hydrogen) atoms. The van der Waals surface area contributed by atoms with Crippen LogP contribution in [0, 0.1) is 0 Å². The van der Waals surface area contributed by atoms with Crippen molar-refractivity contribution < 1.29 is 9.18 Å². The monoisotopic (exact) mass is 172 g/mol. The van der Waals surface area contributed by atoms with Crippen LogP contribution in [-0.2, 0) is 0 Å². The summed E-state index contributed by atoms with van der Waals surface area (Å²) >= 11 is 0. The van der Waals surface area contributed by atoms with Crippen molar-refractivity contribution in [2.75, 3.05) is 19.0 Å². The minimum atomic E-state index is -0.588. The fraction of sp³-hybridized carbons (Fsp3) is 0.333. The molecule has 1 rings (SSSR count). The van der Waals surface area contributed by atoms with Gasteiger partial charge in [0.2, 0.25) is 0 Å². The number of carbonyl (C=O) groups is 1. The zero-order chi connectivity index (χ0) is 8.97. The molecule has 1 amide bonds. The van der Waals surface area contributed by atoms with E-state index >= 15 is 0 Å². The summed E-state index contributed by atoms with van der Waals surface area (Å²) in [4.78, 5) is 11.0. The van der Waals surface area contributed by atoms with Crippen LogP contribution in [0.15, 0.2) is 6.07 Å². The summed E-state index contributed by atoms with van der Waals surface area (Å²) in [5.41, 5.74) is 5.49. The molecule has 4 N–H and O–H groups in total. The lowest BCUT2D eigenvalue weighted by Crippen LogP contribution is -2.25. The van der Waals surface area contributed by atoms with Gasteiger partial charge in [0.1, 0.15) is 18.2 Å². The third-order valence-electron chi connectivity index (χ3n) is 1.22. The first-order chi connectivity index (χ1) is 5.74. The van der Waals surface area contributed by atoms with Crippen molar-refractivity contribution in [3.63, 3.8) is 0 Å². The largest absolute Gasteiger partial charge is 0.382 e. The topological polar surface area (TPSA) is 83.8 Å². The van der Waals surface area contributed by atoms with E-state index in [4.69, 9.17) is 5.73 Å². The van der Waals surface area contributed by atoms with E-state index in [9.17, 15) is 9.18 Å². The van der Waals surface area contributed by atoms with Gasteiger partial charge in [0.25, 0.3) is 5.91 Å². The summed E-state index contributed by atoms with van der Waals surface area (Å²) in [6.07, 6.45) is 0. The fourth-order valence-electron chi connectivity index (χ4n) is 0.710. The number of anilines is 1. The van der Waals surface area contributed by atoms with Crippen molar-refractivity contribution in [3.05, 3.63) is 11.8 Å². The highest BCUT2D eigenvalue weighted by atomic mass is 19.1. The molecule has 0 aliphatic carbocycles. The van der Waals surface area contributed by atoms with E-state index in [0.29, 0.717) is 0 Å². The summed E-state index contributed by atoms with van der Waals surface area (Å²) in [5, 5.41) is 8.27. The number of aromatic amines is 1. The summed E-state index contributed by atoms with van der Waals surface area (Å²) in [6.45, 7) is -0.590. The Morgan fingerprint density at radius 2 is 2.58 bits per heavy atom. The number of nitrogens with zero attached hydrogens (tertiary/aromatic N) is 1. The highest BCUT2D eigenvalue weighted by molar-refractivity contribution is 5.92. The van der Waals surface area contributed by atoms with Gasteiger partial charge in [-0.3, -0.25) is 9.89 Å². The Balaban J connectivity index is 2.53. The Morgan fingerprint density at radius 3 is 3.08 bits per heavy atom. The summed E-state index contributed by atoms with van der Waals surface area (Å²) in [6, 6.07) is 1.38. The van der Waals surface area contributed by atoms with Crippen molar-refractivity contribution >= 4 is 11.7 Å². The number of carbonyl (C=O) groups excluding carboxylic acids is 1. The first kappa shape index (κ1) is 8.51. The molecule has 0 atom stereocenters. The van der Waals surface area contributed by atoms with Crippen LogP contribution in [0.2, 0.25) is 0 Å². The maximum atomic E-state index is 11.6. The molecule has 0 saturated carbocycles. The van der Waals surface area contributed by atoms with Gasteiger partial charge in [-0.25, -0.2) is 4.39 Å². The second kappa shape index (κ2) is 3.70. The van der Waals surface area contributed by atoms with E-state index in [2.05, 4.69) is 15.5 Å². The summed E-state index contributed by atoms with van der Waals surface area (Å²) in [7, 11) is 0. The lowest BCUT2D eigenvalue weighted by molar-refractivity contribution is 0.0946. The molecule has 6 heteroatoms. The molecule has 0 saturated heterocycles. The molecule has 0 fully saturated rings. The van der Waals surface area contributed by atoms with Crippen molar-refractivity contribution in [2.24, 2.45) is 0 Å². The zero-order valence-corrected chi connectivity index (χ0v) is 6.30. The first-order valence-electron chi connectivity index (χ1n) is 3.39. The maximum absolute atomic E-state index is 11.6. The lowest BCUT2D eigenvalue weighted by atomic mass is 10.4. The van der Waals surface area contributed by atoms with Gasteiger partial charge in [-0.15, -0.1) is 0 Å². The highest BCUT2D eigenvalue weighted by Crippen LogP contribution is 1.98. The van der Waals surface area contributed by atoms with E-state index in [1.54, 1.807) is 0 Å². The molecule has 0 bridgehead atoms. The van der Waals surface area contributed by atoms with E-state index in [1.165, 1.54) is 6.07 Å². The molecular formula is C6H9FN4O. The van der Waals surface area contributed by atoms with Crippen molar-refractivity contribution in [1.82, 2.24) is 15.5 Å². The van der Waals surface area contributed by atoms with Gasteiger partial charge < -0.3 is 11.1 Å². The molecule has 0 aliphatic rings. The van der Waals surface area contributed by atoms with E-state index in [-0.39, 0.29) is 18.1 Å². The average molecular weight is 172 g/mol. The number of H-pyrrole nitrogens is 1. The molecule has 1 aromatic rings. The van der Waals surface area contributed by atoms with Crippen LogP contribution < -0.4 is 11.1 Å². The second-order valence-corrected chi connectivity index (χ2v) is 2.15. The van der Waals surface area contributed by atoms with Crippen LogP contribution in [0.25, 0.3) is 0 Å². The summed E-state index contributed by atoms with van der Waals surface area (Å²) in [5.74, 6) is -0.169. The van der Waals surface area contributed by atoms with Gasteiger partial charge in [-0.05, 0) is 0 Å². The average Bonchev–Trinajstić information content (AvgIpc) is 2.47. The Bertz CT molecular complexity index is 272. The number of nitrogens with two attached hydrogens (primary N) is 1. The molecule has 66 valence electrons. The molecule has 0 radical (unpaired) electrons. The molecule has 0 unspecified atom stereocenters. The number of aromatic nitrogens is 2. The second-order valence-electron chi connectivity index (χ2n) is 2.15. The molecule has 0 aromatic carbocycles. The van der Waals surface area contributed by atoms with Crippen molar-refractivity contribution in [3.8, 4) is 0 Å². The van der Waals surface area contributed by atoms with Crippen LogP contribution in [0.4, 0.5) is 10.2 Å². The first-order valence-corrected chi connectivity index (χ1v) is 3.39. The van der Waals surface area contributed by atoms with Crippen LogP contribution in [0.1, 0.15) is 10.5 Å². The van der Waals surface area contributed by atoms with E-state index in [0.717, 1.165) is 0 Å². The molecule has 0 aliphatic heterocycles. The normalized spacial score (nSPS) is 9.75. The Hall–Kier alpha value is -1.59. The van der Waals surface area contributed by atoms with E-state index < -0.39 is 12.6 Å². The van der Waals surface area contributed by atoms with Gasteiger partial charge in [0, 0.05) is 12.6 Å². The SMILES string of the molecule is Nc1cc(C(=O)NCCF)[nH]n1. The number of rotatable bonds is 3. The van der Waals surface area contributed by atoms with Crippen LogP contribution in [0.5, 0.6) is 0 Å². The maximum Gasteiger partial charge on any atom is 0.269 e. The Kier molecular flexibility index (Phi) is 2.62. The number of hydrogen-bond donors (Lipinski definition) is 3. The minimum Gasteiger partial charge on any atom is -0.382 e. The van der Waals surface area contributed by atoms with Crippen LogP contribution >= 0.6 is 0 Å². The van der Waals surface area contributed by atoms with Gasteiger partial charge in [-0.1, -0.05) is 0 Å². The molecule has 5 nitrogen and oxygen atoms in total.